The van der Waals surface area contributed by atoms with Crippen LogP contribution in [0.1, 0.15) is 71.0 Å². The van der Waals surface area contributed by atoms with Crippen LogP contribution in [-0.4, -0.2) is 83.2 Å². The molecule has 1 unspecified atom stereocenters. The van der Waals surface area contributed by atoms with Gasteiger partial charge in [0.1, 0.15) is 19.3 Å². The molecule has 3 aliphatic heterocycles. The maximum Gasteiger partial charge on any atom is 0.338 e. The third-order valence-corrected chi connectivity index (χ3v) is 11.6. The van der Waals surface area contributed by atoms with Gasteiger partial charge in [-0.15, -0.1) is 0 Å². The Morgan fingerprint density at radius 1 is 0.721 bits per heavy atom. The maximum atomic E-state index is 14.5. The summed E-state index contributed by atoms with van der Waals surface area (Å²) in [6, 6.07) is 35.8. The molecule has 3 amide bonds. The second-order valence-electron chi connectivity index (χ2n) is 15.7. The molecule has 3 saturated heterocycles. The zero-order chi connectivity index (χ0) is 42.3. The van der Waals surface area contributed by atoms with Crippen LogP contribution in [0.15, 0.2) is 134 Å². The maximum absolute atomic E-state index is 14.5. The van der Waals surface area contributed by atoms with Crippen LogP contribution in [-0.2, 0) is 33.9 Å². The molecule has 5 aromatic carbocycles. The summed E-state index contributed by atoms with van der Waals surface area (Å²) in [5.74, 6) is -2.53. The van der Waals surface area contributed by atoms with E-state index in [2.05, 4.69) is 20.5 Å². The normalized spacial score (nSPS) is 17.2. The average Bonchev–Trinajstić information content (AvgIpc) is 3.78. The summed E-state index contributed by atoms with van der Waals surface area (Å²) in [6.45, 7) is 2.82. The van der Waals surface area contributed by atoms with Crippen molar-refractivity contribution in [2.45, 2.75) is 44.6 Å². The number of hydrogen-bond donors (Lipinski definition) is 3. The fourth-order valence-electron chi connectivity index (χ4n) is 8.25. The lowest BCUT2D eigenvalue weighted by Crippen LogP contribution is -2.57. The lowest BCUT2D eigenvalue weighted by Gasteiger charge is -2.48. The Bertz CT molecular complexity index is 2460. The minimum absolute atomic E-state index is 0.0102. The fraction of sp³-hybridized carbons (Fsp3) is 0.245. The van der Waals surface area contributed by atoms with Crippen LogP contribution in [0.3, 0.4) is 0 Å². The molecule has 0 aliphatic carbocycles. The van der Waals surface area contributed by atoms with Crippen molar-refractivity contribution in [1.29, 1.82) is 0 Å². The summed E-state index contributed by atoms with van der Waals surface area (Å²) in [4.78, 5) is 77.5. The van der Waals surface area contributed by atoms with Gasteiger partial charge in [-0.1, -0.05) is 91.0 Å². The number of fused-ring (bicyclic) bond motifs is 4. The van der Waals surface area contributed by atoms with Gasteiger partial charge in [0.15, 0.2) is 0 Å². The predicted octanol–water partition coefficient (Wildman–Crippen LogP) is 7.03. The van der Waals surface area contributed by atoms with Crippen molar-refractivity contribution < 1.29 is 33.4 Å². The largest absolute Gasteiger partial charge is 0.457 e. The van der Waals surface area contributed by atoms with Crippen LogP contribution in [0.2, 0.25) is 0 Å². The molecule has 61 heavy (non-hydrogen) atoms. The highest BCUT2D eigenvalue weighted by Gasteiger charge is 2.39. The van der Waals surface area contributed by atoms with Crippen LogP contribution >= 0.6 is 0 Å². The Labute approximate surface area is 353 Å². The quantitative estimate of drug-likeness (QED) is 0.0993. The van der Waals surface area contributed by atoms with Crippen molar-refractivity contribution in [3.8, 4) is 0 Å². The van der Waals surface area contributed by atoms with Crippen LogP contribution in [0.4, 0.5) is 5.69 Å². The number of aromatic amines is 1. The van der Waals surface area contributed by atoms with E-state index in [1.165, 1.54) is 18.2 Å². The van der Waals surface area contributed by atoms with E-state index in [0.29, 0.717) is 11.4 Å². The highest BCUT2D eigenvalue weighted by atomic mass is 16.5. The fourth-order valence-corrected chi connectivity index (χ4v) is 8.25. The van der Waals surface area contributed by atoms with Crippen molar-refractivity contribution in [3.63, 3.8) is 0 Å². The Morgan fingerprint density at radius 3 is 1.85 bits per heavy atom. The number of esters is 2. The summed E-state index contributed by atoms with van der Waals surface area (Å²) in [7, 11) is 1.80. The smallest absolute Gasteiger partial charge is 0.338 e. The van der Waals surface area contributed by atoms with Gasteiger partial charge in [0.2, 0.25) is 5.91 Å². The van der Waals surface area contributed by atoms with Crippen molar-refractivity contribution in [2.75, 3.05) is 32.0 Å². The van der Waals surface area contributed by atoms with Crippen molar-refractivity contribution in [2.24, 2.45) is 5.92 Å². The van der Waals surface area contributed by atoms with E-state index in [1.807, 2.05) is 97.1 Å². The topological polar surface area (TPSA) is 150 Å². The summed E-state index contributed by atoms with van der Waals surface area (Å²) in [5, 5.41) is 6.51. The number of aromatic nitrogens is 1. The third kappa shape index (κ3) is 9.71. The summed E-state index contributed by atoms with van der Waals surface area (Å²) < 4.78 is 11.2. The molecule has 1 aromatic heterocycles. The highest BCUT2D eigenvalue weighted by molar-refractivity contribution is 6.11. The van der Waals surface area contributed by atoms with E-state index < -0.39 is 29.8 Å². The molecule has 12 heteroatoms. The van der Waals surface area contributed by atoms with Crippen molar-refractivity contribution in [3.05, 3.63) is 173 Å². The number of piperidine rings is 3. The second-order valence-corrected chi connectivity index (χ2v) is 15.7. The molecule has 0 radical (unpaired) electrons. The molecular formula is C49H47N5O7. The van der Waals surface area contributed by atoms with Gasteiger partial charge in [0.25, 0.3) is 11.8 Å². The lowest BCUT2D eigenvalue weighted by atomic mass is 9.83. The van der Waals surface area contributed by atoms with Crippen molar-refractivity contribution in [1.82, 2.24) is 20.1 Å². The first kappa shape index (κ1) is 40.7. The third-order valence-electron chi connectivity index (χ3n) is 11.6. The van der Waals surface area contributed by atoms with Crippen LogP contribution < -0.4 is 10.6 Å². The van der Waals surface area contributed by atoms with Gasteiger partial charge in [0, 0.05) is 48.8 Å². The molecule has 4 heterocycles. The highest BCUT2D eigenvalue weighted by Crippen LogP contribution is 2.32. The number of likely N-dealkylation sites (N-methyl/N-ethyl adjacent to an activating group) is 1. The summed E-state index contributed by atoms with van der Waals surface area (Å²) in [5.41, 5.74) is 3.53. The molecule has 6 aromatic rings. The number of rotatable bonds is 14. The number of hydrogen-bond acceptors (Lipinski definition) is 8. The number of carbonyl (C=O) groups excluding carboxylic acids is 5. The number of nitrogens with zero attached hydrogens (tertiary/aromatic N) is 2. The Kier molecular flexibility index (Phi) is 12.3. The Balaban J connectivity index is 1.07. The van der Waals surface area contributed by atoms with Gasteiger partial charge in [0.05, 0.1) is 22.3 Å². The van der Waals surface area contributed by atoms with Crippen LogP contribution in [0, 0.1) is 5.92 Å². The van der Waals surface area contributed by atoms with E-state index >= 15 is 0 Å². The number of benzene rings is 5. The molecule has 0 saturated carbocycles. The zero-order valence-electron chi connectivity index (χ0n) is 33.8. The SMILES string of the molecule is CN(C(=O)c1cc2[nH]ccc2cc1C(=O)N[C@@H](Cc1ccccc1)C(=O)Nc1cc(C(=O)OCc2ccccc2)cc(C(=O)OCc2ccccc2)c1)C1CN2CCC1CC2. The second kappa shape index (κ2) is 18.5. The molecule has 0 spiro atoms. The average molecular weight is 818 g/mol. The standard InChI is InChI=1S/C49H47N5O7/c1-53(44-29-54-21-18-35(44)19-22-54)47(57)41-28-42-36(17-20-50-42)27-40(41)45(55)52-43(23-32-11-5-2-6-12-32)46(56)51-39-25-37(48(58)60-30-33-13-7-3-8-14-33)24-38(26-39)49(59)61-31-34-15-9-4-10-16-34/h2-17,20,24-28,35,43-44,50H,18-19,21-23,29-31H2,1H3,(H,51,56)(H,52,55)/t43-,44?/m0/s1. The number of carbonyl (C=O) groups is 5. The first-order valence-electron chi connectivity index (χ1n) is 20.5. The van der Waals surface area contributed by atoms with Crippen molar-refractivity contribution >= 4 is 46.3 Å². The predicted molar refractivity (Wildman–Crippen MR) is 231 cm³/mol. The van der Waals surface area contributed by atoms with Gasteiger partial charge < -0.3 is 34.9 Å². The first-order valence-corrected chi connectivity index (χ1v) is 20.5. The van der Waals surface area contributed by atoms with Gasteiger partial charge in [-0.3, -0.25) is 14.4 Å². The zero-order valence-corrected chi connectivity index (χ0v) is 33.8. The summed E-state index contributed by atoms with van der Waals surface area (Å²) >= 11 is 0. The monoisotopic (exact) mass is 817 g/mol. The van der Waals surface area contributed by atoms with E-state index in [1.54, 1.807) is 30.3 Å². The van der Waals surface area contributed by atoms with E-state index in [-0.39, 0.29) is 59.5 Å². The number of H-pyrrole nitrogens is 1. The van der Waals surface area contributed by atoms with E-state index in [0.717, 1.165) is 54.6 Å². The number of anilines is 1. The molecule has 3 aliphatic rings. The minimum Gasteiger partial charge on any atom is -0.457 e. The van der Waals surface area contributed by atoms with Crippen LogP contribution in [0.5, 0.6) is 0 Å². The Morgan fingerprint density at radius 2 is 1.30 bits per heavy atom. The first-order chi connectivity index (χ1) is 29.7. The number of amides is 3. The van der Waals surface area contributed by atoms with Gasteiger partial charge in [-0.2, -0.15) is 0 Å². The van der Waals surface area contributed by atoms with Gasteiger partial charge in [-0.05, 0) is 84.9 Å². The Hall–Kier alpha value is -7.05. The molecule has 9 rings (SSSR count). The molecule has 2 bridgehead atoms. The molecule has 310 valence electrons. The summed E-state index contributed by atoms with van der Waals surface area (Å²) in [6.07, 6.45) is 3.89. The minimum atomic E-state index is -1.15. The molecule has 12 nitrogen and oxygen atoms in total. The number of nitrogens with one attached hydrogen (secondary N) is 3. The molecule has 3 N–H and O–H groups in total. The lowest BCUT2D eigenvalue weighted by molar-refractivity contribution is -0.118. The van der Waals surface area contributed by atoms with Gasteiger partial charge in [-0.25, -0.2) is 9.59 Å². The van der Waals surface area contributed by atoms with E-state index in [4.69, 9.17) is 9.47 Å². The molecule has 2 atom stereocenters. The molecule has 3 fully saturated rings. The van der Waals surface area contributed by atoms with Crippen LogP contribution in [0.25, 0.3) is 10.9 Å². The van der Waals surface area contributed by atoms with E-state index in [9.17, 15) is 24.0 Å². The molecular weight excluding hydrogens is 771 g/mol. The number of ether oxygens (including phenoxy) is 2. The van der Waals surface area contributed by atoms with Gasteiger partial charge >= 0.3 is 11.9 Å².